The molecular weight excluding hydrogens is 255 g/mol. The molecule has 2 aliphatic rings. The van der Waals surface area contributed by atoms with Gasteiger partial charge in [-0.25, -0.2) is 4.39 Å². The van der Waals surface area contributed by atoms with E-state index in [0.29, 0.717) is 11.8 Å². The predicted octanol–water partition coefficient (Wildman–Crippen LogP) is 2.00. The maximum atomic E-state index is 12.9. The zero-order valence-corrected chi connectivity index (χ0v) is 11.8. The molecule has 3 unspecified atom stereocenters. The molecule has 1 aliphatic heterocycles. The molecule has 1 saturated heterocycles. The van der Waals surface area contributed by atoms with Crippen molar-refractivity contribution in [2.45, 2.75) is 18.8 Å². The Hall–Kier alpha value is -1.42. The van der Waals surface area contributed by atoms with Crippen LogP contribution in [0.2, 0.25) is 0 Å². The van der Waals surface area contributed by atoms with Gasteiger partial charge in [-0.1, -0.05) is 12.1 Å². The molecule has 1 amide bonds. The highest BCUT2D eigenvalue weighted by atomic mass is 19.1. The van der Waals surface area contributed by atoms with Gasteiger partial charge in [-0.3, -0.25) is 4.79 Å². The molecule has 2 fully saturated rings. The highest BCUT2D eigenvalue weighted by Gasteiger charge is 2.46. The van der Waals surface area contributed by atoms with Gasteiger partial charge in [0.2, 0.25) is 5.91 Å². The fourth-order valence-electron chi connectivity index (χ4n) is 3.27. The maximum absolute atomic E-state index is 12.9. The first kappa shape index (κ1) is 13.6. The number of carbonyl (C=O) groups excluding carboxylic acids is 1. The molecule has 3 atom stereocenters. The summed E-state index contributed by atoms with van der Waals surface area (Å²) in [6.07, 6.45) is 2.01. The second-order valence-corrected chi connectivity index (χ2v) is 6.00. The van der Waals surface area contributed by atoms with E-state index in [1.54, 1.807) is 12.1 Å². The molecule has 0 spiro atoms. The van der Waals surface area contributed by atoms with Crippen LogP contribution in [0.3, 0.4) is 0 Å². The lowest BCUT2D eigenvalue weighted by molar-refractivity contribution is -0.131. The molecule has 20 heavy (non-hydrogen) atoms. The van der Waals surface area contributed by atoms with E-state index in [1.165, 1.54) is 12.1 Å². The first-order valence-corrected chi connectivity index (χ1v) is 7.38. The number of carbonyl (C=O) groups is 1. The Bertz CT molecular complexity index is 488. The molecule has 0 radical (unpaired) electrons. The second kappa shape index (κ2) is 5.52. The molecule has 1 aromatic carbocycles. The van der Waals surface area contributed by atoms with Crippen molar-refractivity contribution < 1.29 is 9.18 Å². The third kappa shape index (κ3) is 2.70. The van der Waals surface area contributed by atoms with Gasteiger partial charge in [-0.15, -0.1) is 0 Å². The highest BCUT2D eigenvalue weighted by molar-refractivity contribution is 5.83. The summed E-state index contributed by atoms with van der Waals surface area (Å²) in [5.74, 6) is 1.08. The van der Waals surface area contributed by atoms with Gasteiger partial charge in [0.05, 0.1) is 0 Å². The molecule has 3 nitrogen and oxygen atoms in total. The number of amides is 1. The van der Waals surface area contributed by atoms with E-state index in [0.717, 1.165) is 38.0 Å². The number of halogens is 1. The van der Waals surface area contributed by atoms with E-state index in [-0.39, 0.29) is 17.6 Å². The smallest absolute Gasteiger partial charge is 0.226 e. The third-order valence-electron chi connectivity index (χ3n) is 4.50. The summed E-state index contributed by atoms with van der Waals surface area (Å²) in [5.41, 5.74) is 1.09. The summed E-state index contributed by atoms with van der Waals surface area (Å²) in [5, 5.41) is 3.18. The molecule has 1 aliphatic carbocycles. The molecule has 1 aromatic rings. The van der Waals surface area contributed by atoms with Gasteiger partial charge in [0, 0.05) is 19.0 Å². The average Bonchev–Trinajstić information content (AvgIpc) is 3.11. The molecular formula is C16H21FN2O. The molecule has 108 valence electrons. The van der Waals surface area contributed by atoms with Crippen LogP contribution >= 0.6 is 0 Å². The van der Waals surface area contributed by atoms with Gasteiger partial charge < -0.3 is 10.2 Å². The Morgan fingerprint density at radius 3 is 2.85 bits per heavy atom. The van der Waals surface area contributed by atoms with Crippen LogP contribution < -0.4 is 5.32 Å². The fourth-order valence-corrected chi connectivity index (χ4v) is 3.27. The summed E-state index contributed by atoms with van der Waals surface area (Å²) >= 11 is 0. The molecule has 0 aromatic heterocycles. The van der Waals surface area contributed by atoms with Gasteiger partial charge in [0.25, 0.3) is 0 Å². The van der Waals surface area contributed by atoms with Crippen molar-refractivity contribution in [3.63, 3.8) is 0 Å². The van der Waals surface area contributed by atoms with Crippen molar-refractivity contribution in [3.05, 3.63) is 35.6 Å². The van der Waals surface area contributed by atoms with Crippen LogP contribution in [0.15, 0.2) is 24.3 Å². The van der Waals surface area contributed by atoms with E-state index < -0.39 is 0 Å². The number of nitrogens with zero attached hydrogens (tertiary/aromatic N) is 1. The number of nitrogens with one attached hydrogen (secondary N) is 1. The molecule has 4 heteroatoms. The van der Waals surface area contributed by atoms with E-state index >= 15 is 0 Å². The van der Waals surface area contributed by atoms with Crippen LogP contribution in [-0.4, -0.2) is 37.5 Å². The van der Waals surface area contributed by atoms with Crippen molar-refractivity contribution in [1.82, 2.24) is 10.2 Å². The van der Waals surface area contributed by atoms with Crippen LogP contribution in [0, 0.1) is 17.7 Å². The Kier molecular flexibility index (Phi) is 3.74. The van der Waals surface area contributed by atoms with Crippen molar-refractivity contribution in [2.24, 2.45) is 11.8 Å². The normalized spacial score (nSPS) is 28.7. The summed E-state index contributed by atoms with van der Waals surface area (Å²) in [4.78, 5) is 14.4. The van der Waals surface area contributed by atoms with Crippen LogP contribution in [0.5, 0.6) is 0 Å². The lowest BCUT2D eigenvalue weighted by Crippen LogP contribution is -2.31. The first-order valence-electron chi connectivity index (χ1n) is 7.38. The zero-order valence-electron chi connectivity index (χ0n) is 11.8. The Balaban J connectivity index is 1.56. The number of rotatable bonds is 4. The Morgan fingerprint density at radius 2 is 2.15 bits per heavy atom. The molecule has 1 heterocycles. The van der Waals surface area contributed by atoms with Crippen molar-refractivity contribution >= 4 is 5.91 Å². The van der Waals surface area contributed by atoms with E-state index in [1.807, 2.05) is 11.9 Å². The summed E-state index contributed by atoms with van der Waals surface area (Å²) in [6.45, 7) is 2.75. The quantitative estimate of drug-likeness (QED) is 0.912. The van der Waals surface area contributed by atoms with Gasteiger partial charge in [-0.2, -0.15) is 0 Å². The van der Waals surface area contributed by atoms with Gasteiger partial charge in [0.1, 0.15) is 5.82 Å². The largest absolute Gasteiger partial charge is 0.342 e. The van der Waals surface area contributed by atoms with E-state index in [2.05, 4.69) is 5.32 Å². The average molecular weight is 276 g/mol. The minimum Gasteiger partial charge on any atom is -0.342 e. The SMILES string of the molecule is CNCC1CCN(C(=O)C2CC2c2ccc(F)cc2)C1. The summed E-state index contributed by atoms with van der Waals surface area (Å²) in [6, 6.07) is 6.57. The van der Waals surface area contributed by atoms with Gasteiger partial charge >= 0.3 is 0 Å². The Morgan fingerprint density at radius 1 is 1.40 bits per heavy atom. The zero-order chi connectivity index (χ0) is 14.1. The van der Waals surface area contributed by atoms with Crippen LogP contribution in [0.25, 0.3) is 0 Å². The van der Waals surface area contributed by atoms with Crippen LogP contribution in [-0.2, 0) is 4.79 Å². The first-order chi connectivity index (χ1) is 9.69. The van der Waals surface area contributed by atoms with Crippen molar-refractivity contribution in [1.29, 1.82) is 0 Å². The Labute approximate surface area is 119 Å². The number of hydrogen-bond acceptors (Lipinski definition) is 2. The van der Waals surface area contributed by atoms with Crippen molar-refractivity contribution in [2.75, 3.05) is 26.7 Å². The van der Waals surface area contributed by atoms with E-state index in [4.69, 9.17) is 0 Å². The molecule has 0 bridgehead atoms. The van der Waals surface area contributed by atoms with E-state index in [9.17, 15) is 9.18 Å². The standard InChI is InChI=1S/C16H21FN2O/c1-18-9-11-6-7-19(10-11)16(20)15-8-14(15)12-2-4-13(17)5-3-12/h2-5,11,14-15,18H,6-10H2,1H3. The topological polar surface area (TPSA) is 32.3 Å². The lowest BCUT2D eigenvalue weighted by atomic mass is 10.1. The monoisotopic (exact) mass is 276 g/mol. The molecule has 1 N–H and O–H groups in total. The maximum Gasteiger partial charge on any atom is 0.226 e. The number of likely N-dealkylation sites (tertiary alicyclic amines) is 1. The predicted molar refractivity (Wildman–Crippen MR) is 75.9 cm³/mol. The minimum absolute atomic E-state index is 0.119. The molecule has 3 rings (SSSR count). The fraction of sp³-hybridized carbons (Fsp3) is 0.562. The lowest BCUT2D eigenvalue weighted by Gasteiger charge is -2.16. The third-order valence-corrected chi connectivity index (χ3v) is 4.50. The van der Waals surface area contributed by atoms with Gasteiger partial charge in [0.15, 0.2) is 0 Å². The summed E-state index contributed by atoms with van der Waals surface area (Å²) < 4.78 is 12.9. The highest BCUT2D eigenvalue weighted by Crippen LogP contribution is 2.48. The second-order valence-electron chi connectivity index (χ2n) is 6.00. The number of hydrogen-bond donors (Lipinski definition) is 1. The summed E-state index contributed by atoms with van der Waals surface area (Å²) in [7, 11) is 1.95. The molecule has 1 saturated carbocycles. The van der Waals surface area contributed by atoms with Crippen LogP contribution in [0.4, 0.5) is 4.39 Å². The van der Waals surface area contributed by atoms with Crippen LogP contribution in [0.1, 0.15) is 24.3 Å². The van der Waals surface area contributed by atoms with Crippen molar-refractivity contribution in [3.8, 4) is 0 Å². The van der Waals surface area contributed by atoms with Gasteiger partial charge in [-0.05, 0) is 56.0 Å². The minimum atomic E-state index is -0.216. The number of benzene rings is 1.